The second kappa shape index (κ2) is 8.31. The van der Waals surface area contributed by atoms with Crippen LogP contribution >= 0.6 is 0 Å². The summed E-state index contributed by atoms with van der Waals surface area (Å²) in [5.74, 6) is -1.71. The lowest BCUT2D eigenvalue weighted by molar-refractivity contribution is -0.118. The van der Waals surface area contributed by atoms with Crippen LogP contribution in [0.2, 0.25) is 0 Å². The highest BCUT2D eigenvalue weighted by Crippen LogP contribution is 2.29. The fourth-order valence-corrected chi connectivity index (χ4v) is 3.00. The maximum absolute atomic E-state index is 12.4. The number of phenols is 2. The van der Waals surface area contributed by atoms with Gasteiger partial charge in [-0.3, -0.25) is 4.79 Å². The molecule has 3 atom stereocenters. The molecule has 0 radical (unpaired) electrons. The number of phenolic OH excluding ortho intramolecular Hbond substituents is 2. The highest BCUT2D eigenvalue weighted by atomic mass is 16.5. The molecule has 1 aliphatic heterocycles. The summed E-state index contributed by atoms with van der Waals surface area (Å²) < 4.78 is 5.23. The zero-order valence-corrected chi connectivity index (χ0v) is 14.1. The second-order valence-electron chi connectivity index (χ2n) is 6.55. The van der Waals surface area contributed by atoms with E-state index in [4.69, 9.17) is 4.74 Å². The average molecular weight is 352 g/mol. The number of ketones is 1. The number of aliphatic hydroxyl groups is 2. The van der Waals surface area contributed by atoms with Crippen LogP contribution in [0.25, 0.3) is 0 Å². The Hall–Kier alpha value is -2.12. The number of ether oxygens (including phenoxy) is 1. The normalized spacial score (nSPS) is 26.4. The molecule has 0 spiro atoms. The number of fused-ring (bicyclic) bond motifs is 1. The van der Waals surface area contributed by atoms with Crippen LogP contribution in [0.1, 0.15) is 54.9 Å². The van der Waals surface area contributed by atoms with Crippen molar-refractivity contribution in [2.24, 2.45) is 0 Å². The van der Waals surface area contributed by atoms with E-state index < -0.39 is 30.0 Å². The van der Waals surface area contributed by atoms with E-state index in [1.807, 2.05) is 0 Å². The van der Waals surface area contributed by atoms with Crippen LogP contribution in [0.3, 0.4) is 0 Å². The summed E-state index contributed by atoms with van der Waals surface area (Å²) in [4.78, 5) is 24.5. The molecule has 0 amide bonds. The standard InChI is InChI=1S/C18H24O7/c1-10-6-15(22)14(21)5-3-2-4-12(19)7-11-8-13(20)9-16(23)17(11)18(24)25-10/h8-10,14-15,20-23H,2-7H2,1H3. The Morgan fingerprint density at radius 2 is 1.80 bits per heavy atom. The molecule has 1 aromatic rings. The van der Waals surface area contributed by atoms with Gasteiger partial charge in [0, 0.05) is 25.3 Å². The van der Waals surface area contributed by atoms with Gasteiger partial charge in [0.05, 0.1) is 12.2 Å². The summed E-state index contributed by atoms with van der Waals surface area (Å²) >= 11 is 0. The van der Waals surface area contributed by atoms with E-state index in [1.165, 1.54) is 6.07 Å². The molecule has 0 bridgehead atoms. The molecule has 0 fully saturated rings. The number of rotatable bonds is 0. The summed E-state index contributed by atoms with van der Waals surface area (Å²) in [6.07, 6.45) is -1.02. The minimum Gasteiger partial charge on any atom is -0.508 e. The van der Waals surface area contributed by atoms with Crippen molar-refractivity contribution in [3.8, 4) is 11.5 Å². The number of hydrogen-bond donors (Lipinski definition) is 4. The van der Waals surface area contributed by atoms with Crippen molar-refractivity contribution in [2.45, 2.75) is 63.8 Å². The van der Waals surface area contributed by atoms with Crippen LogP contribution in [0.15, 0.2) is 12.1 Å². The molecule has 7 heteroatoms. The number of aromatic hydroxyl groups is 2. The number of cyclic esters (lactones) is 1. The van der Waals surface area contributed by atoms with Gasteiger partial charge < -0.3 is 25.2 Å². The number of aliphatic hydroxyl groups excluding tert-OH is 2. The fraction of sp³-hybridized carbons (Fsp3) is 0.556. The quantitative estimate of drug-likeness (QED) is 0.521. The Morgan fingerprint density at radius 3 is 2.52 bits per heavy atom. The lowest BCUT2D eigenvalue weighted by Gasteiger charge is -2.22. The zero-order chi connectivity index (χ0) is 18.6. The van der Waals surface area contributed by atoms with Gasteiger partial charge in [-0.15, -0.1) is 0 Å². The molecule has 1 aromatic carbocycles. The lowest BCUT2D eigenvalue weighted by atomic mass is 9.96. The molecule has 2 rings (SSSR count). The molecule has 3 unspecified atom stereocenters. The molecule has 0 saturated heterocycles. The van der Waals surface area contributed by atoms with Gasteiger partial charge in [-0.2, -0.15) is 0 Å². The van der Waals surface area contributed by atoms with Gasteiger partial charge in [0.1, 0.15) is 28.9 Å². The van der Waals surface area contributed by atoms with Crippen LogP contribution in [-0.2, 0) is 16.0 Å². The van der Waals surface area contributed by atoms with Crippen molar-refractivity contribution in [3.05, 3.63) is 23.3 Å². The first kappa shape index (κ1) is 19.2. The maximum Gasteiger partial charge on any atom is 0.342 e. The minimum atomic E-state index is -1.05. The second-order valence-corrected chi connectivity index (χ2v) is 6.55. The van der Waals surface area contributed by atoms with Crippen molar-refractivity contribution in [3.63, 3.8) is 0 Å². The maximum atomic E-state index is 12.4. The molecule has 0 aromatic heterocycles. The largest absolute Gasteiger partial charge is 0.508 e. The molecule has 0 aliphatic carbocycles. The molecule has 25 heavy (non-hydrogen) atoms. The van der Waals surface area contributed by atoms with Gasteiger partial charge in [-0.25, -0.2) is 4.79 Å². The van der Waals surface area contributed by atoms with Crippen molar-refractivity contribution < 1.29 is 34.8 Å². The SMILES string of the molecule is CC1CC(O)C(O)CCCCC(=O)Cc2cc(O)cc(O)c2C(=O)O1. The minimum absolute atomic E-state index is 0.0556. The highest BCUT2D eigenvalue weighted by molar-refractivity contribution is 5.96. The fourth-order valence-electron chi connectivity index (χ4n) is 3.00. The molecule has 1 aliphatic rings. The van der Waals surface area contributed by atoms with Crippen LogP contribution < -0.4 is 0 Å². The van der Waals surface area contributed by atoms with E-state index in [1.54, 1.807) is 6.92 Å². The Balaban J connectivity index is 2.33. The first-order valence-electron chi connectivity index (χ1n) is 8.41. The Bertz CT molecular complexity index is 641. The first-order chi connectivity index (χ1) is 11.8. The van der Waals surface area contributed by atoms with Crippen molar-refractivity contribution >= 4 is 11.8 Å². The van der Waals surface area contributed by atoms with Gasteiger partial charge in [-0.1, -0.05) is 6.42 Å². The Kier molecular flexibility index (Phi) is 6.39. The molecule has 7 nitrogen and oxygen atoms in total. The van der Waals surface area contributed by atoms with E-state index in [9.17, 15) is 30.0 Å². The van der Waals surface area contributed by atoms with E-state index in [-0.39, 0.29) is 41.9 Å². The van der Waals surface area contributed by atoms with Gasteiger partial charge in [0.2, 0.25) is 0 Å². The van der Waals surface area contributed by atoms with Crippen LogP contribution in [0.4, 0.5) is 0 Å². The van der Waals surface area contributed by atoms with Gasteiger partial charge in [-0.05, 0) is 31.4 Å². The summed E-state index contributed by atoms with van der Waals surface area (Å²) in [6, 6.07) is 2.28. The summed E-state index contributed by atoms with van der Waals surface area (Å²) in [7, 11) is 0. The van der Waals surface area contributed by atoms with E-state index >= 15 is 0 Å². The van der Waals surface area contributed by atoms with Crippen molar-refractivity contribution in [1.82, 2.24) is 0 Å². The number of carbonyl (C=O) groups excluding carboxylic acids is 2. The number of Topliss-reactive ketones (excluding diaryl/α,β-unsaturated/α-hetero) is 1. The molecule has 1 heterocycles. The summed E-state index contributed by atoms with van der Waals surface area (Å²) in [6.45, 7) is 1.57. The van der Waals surface area contributed by atoms with Crippen LogP contribution in [-0.4, -0.2) is 50.5 Å². The summed E-state index contributed by atoms with van der Waals surface area (Å²) in [5.41, 5.74) is 0.0439. The predicted octanol–water partition coefficient (Wildman–Crippen LogP) is 1.44. The van der Waals surface area contributed by atoms with Crippen LogP contribution in [0, 0.1) is 0 Å². The van der Waals surface area contributed by atoms with Gasteiger partial charge in [0.15, 0.2) is 0 Å². The number of benzene rings is 1. The zero-order valence-electron chi connectivity index (χ0n) is 14.1. The van der Waals surface area contributed by atoms with Crippen LogP contribution in [0.5, 0.6) is 11.5 Å². The van der Waals surface area contributed by atoms with Gasteiger partial charge in [0.25, 0.3) is 0 Å². The average Bonchev–Trinajstić information content (AvgIpc) is 2.49. The predicted molar refractivity (Wildman–Crippen MR) is 88.5 cm³/mol. The number of hydrogen-bond acceptors (Lipinski definition) is 7. The van der Waals surface area contributed by atoms with E-state index in [0.29, 0.717) is 19.3 Å². The van der Waals surface area contributed by atoms with E-state index in [0.717, 1.165) is 6.07 Å². The van der Waals surface area contributed by atoms with Gasteiger partial charge >= 0.3 is 5.97 Å². The third-order valence-electron chi connectivity index (χ3n) is 4.31. The third kappa shape index (κ3) is 5.17. The van der Waals surface area contributed by atoms with E-state index in [2.05, 4.69) is 0 Å². The Labute approximate surface area is 145 Å². The van der Waals surface area contributed by atoms with Crippen molar-refractivity contribution in [1.29, 1.82) is 0 Å². The summed E-state index contributed by atoms with van der Waals surface area (Å²) in [5, 5.41) is 39.6. The number of carbonyl (C=O) groups is 2. The molecule has 138 valence electrons. The topological polar surface area (TPSA) is 124 Å². The lowest BCUT2D eigenvalue weighted by Crippen LogP contribution is -2.31. The number of esters is 1. The van der Waals surface area contributed by atoms with Crippen molar-refractivity contribution in [2.75, 3.05) is 0 Å². The first-order valence-corrected chi connectivity index (χ1v) is 8.41. The monoisotopic (exact) mass is 352 g/mol. The highest BCUT2D eigenvalue weighted by Gasteiger charge is 2.26. The third-order valence-corrected chi connectivity index (χ3v) is 4.31. The molecule has 4 N–H and O–H groups in total. The molecular formula is C18H24O7. The Morgan fingerprint density at radius 1 is 1.08 bits per heavy atom. The molecular weight excluding hydrogens is 328 g/mol. The smallest absolute Gasteiger partial charge is 0.342 e. The molecule has 0 saturated carbocycles.